The summed E-state index contributed by atoms with van der Waals surface area (Å²) in [4.78, 5) is 13.5. The fourth-order valence-electron chi connectivity index (χ4n) is 1.80. The average molecular weight is 250 g/mol. The van der Waals surface area contributed by atoms with E-state index >= 15 is 0 Å². The molecule has 0 bridgehead atoms. The molecule has 1 aliphatic heterocycles. The number of benzene rings is 1. The standard InChI is InChI=1S/C13H18N2O3/c14-6-5-11-1-3-12(4-2-11)18-13(16)15-7-9-17-10-8-15/h1-4H,5-10,14H2. The summed E-state index contributed by atoms with van der Waals surface area (Å²) in [5.74, 6) is 0.562. The molecule has 0 atom stereocenters. The number of hydrogen-bond acceptors (Lipinski definition) is 4. The van der Waals surface area contributed by atoms with Gasteiger partial charge in [0.05, 0.1) is 13.2 Å². The summed E-state index contributed by atoms with van der Waals surface area (Å²) in [6, 6.07) is 7.44. The topological polar surface area (TPSA) is 64.8 Å². The summed E-state index contributed by atoms with van der Waals surface area (Å²) in [5, 5.41) is 0. The minimum atomic E-state index is -0.315. The Morgan fingerprint density at radius 3 is 2.56 bits per heavy atom. The Labute approximate surface area is 106 Å². The molecular formula is C13H18N2O3. The number of nitrogens with zero attached hydrogens (tertiary/aromatic N) is 1. The molecule has 1 aromatic rings. The Bertz CT molecular complexity index is 386. The maximum Gasteiger partial charge on any atom is 0.415 e. The van der Waals surface area contributed by atoms with E-state index in [0.717, 1.165) is 12.0 Å². The molecule has 1 aliphatic rings. The van der Waals surface area contributed by atoms with E-state index in [2.05, 4.69) is 0 Å². The van der Waals surface area contributed by atoms with Crippen molar-refractivity contribution in [1.29, 1.82) is 0 Å². The van der Waals surface area contributed by atoms with Crippen molar-refractivity contribution in [2.24, 2.45) is 5.73 Å². The predicted molar refractivity (Wildman–Crippen MR) is 67.6 cm³/mol. The zero-order valence-electron chi connectivity index (χ0n) is 10.3. The van der Waals surface area contributed by atoms with Crippen LogP contribution in [-0.2, 0) is 11.2 Å². The van der Waals surface area contributed by atoms with Crippen molar-refractivity contribution in [2.45, 2.75) is 6.42 Å². The summed E-state index contributed by atoms with van der Waals surface area (Å²) in [5.41, 5.74) is 6.62. The number of carbonyl (C=O) groups excluding carboxylic acids is 1. The van der Waals surface area contributed by atoms with Crippen molar-refractivity contribution in [3.63, 3.8) is 0 Å². The Hall–Kier alpha value is -1.59. The van der Waals surface area contributed by atoms with E-state index < -0.39 is 0 Å². The molecule has 1 saturated heterocycles. The number of morpholine rings is 1. The molecule has 0 radical (unpaired) electrons. The smallest absolute Gasteiger partial charge is 0.410 e. The van der Waals surface area contributed by atoms with E-state index in [1.165, 1.54) is 0 Å². The SMILES string of the molecule is NCCc1ccc(OC(=O)N2CCOCC2)cc1. The fourth-order valence-corrected chi connectivity index (χ4v) is 1.80. The van der Waals surface area contributed by atoms with Crippen LogP contribution >= 0.6 is 0 Å². The van der Waals surface area contributed by atoms with Gasteiger partial charge in [-0.2, -0.15) is 0 Å². The first kappa shape index (κ1) is 12.9. The van der Waals surface area contributed by atoms with Crippen molar-refractivity contribution in [3.05, 3.63) is 29.8 Å². The molecule has 1 amide bonds. The molecule has 18 heavy (non-hydrogen) atoms. The van der Waals surface area contributed by atoms with Crippen molar-refractivity contribution in [2.75, 3.05) is 32.8 Å². The lowest BCUT2D eigenvalue weighted by molar-refractivity contribution is 0.0416. The van der Waals surface area contributed by atoms with Crippen LogP contribution in [0.5, 0.6) is 5.75 Å². The molecule has 2 N–H and O–H groups in total. The molecule has 1 fully saturated rings. The van der Waals surface area contributed by atoms with Gasteiger partial charge in [0, 0.05) is 13.1 Å². The molecule has 0 aromatic heterocycles. The van der Waals surface area contributed by atoms with E-state index in [1.807, 2.05) is 12.1 Å². The minimum absolute atomic E-state index is 0.315. The highest BCUT2D eigenvalue weighted by atomic mass is 16.6. The van der Waals surface area contributed by atoms with Gasteiger partial charge in [-0.05, 0) is 30.7 Å². The predicted octanol–water partition coefficient (Wildman–Crippen LogP) is 1.02. The zero-order chi connectivity index (χ0) is 12.8. The van der Waals surface area contributed by atoms with Gasteiger partial charge in [0.2, 0.25) is 0 Å². The number of ether oxygens (including phenoxy) is 2. The summed E-state index contributed by atoms with van der Waals surface area (Å²) in [6.45, 7) is 2.94. The molecule has 0 aliphatic carbocycles. The fraction of sp³-hybridized carbons (Fsp3) is 0.462. The van der Waals surface area contributed by atoms with Gasteiger partial charge in [0.25, 0.3) is 0 Å². The summed E-state index contributed by atoms with van der Waals surface area (Å²) < 4.78 is 10.5. The van der Waals surface area contributed by atoms with Gasteiger partial charge in [-0.1, -0.05) is 12.1 Å². The van der Waals surface area contributed by atoms with Gasteiger partial charge in [-0.3, -0.25) is 0 Å². The maximum absolute atomic E-state index is 11.8. The highest BCUT2D eigenvalue weighted by Gasteiger charge is 2.18. The Morgan fingerprint density at radius 2 is 1.94 bits per heavy atom. The highest BCUT2D eigenvalue weighted by molar-refractivity contribution is 5.70. The van der Waals surface area contributed by atoms with Crippen LogP contribution in [0.2, 0.25) is 0 Å². The third kappa shape index (κ3) is 3.45. The summed E-state index contributed by atoms with van der Waals surface area (Å²) in [7, 11) is 0. The quantitative estimate of drug-likeness (QED) is 0.869. The van der Waals surface area contributed by atoms with E-state index in [-0.39, 0.29) is 6.09 Å². The third-order valence-electron chi connectivity index (χ3n) is 2.83. The minimum Gasteiger partial charge on any atom is -0.410 e. The van der Waals surface area contributed by atoms with Crippen LogP contribution in [0.3, 0.4) is 0 Å². The van der Waals surface area contributed by atoms with E-state index in [0.29, 0.717) is 38.6 Å². The number of carbonyl (C=O) groups is 1. The normalized spacial score (nSPS) is 15.5. The van der Waals surface area contributed by atoms with E-state index in [9.17, 15) is 4.79 Å². The van der Waals surface area contributed by atoms with E-state index in [4.69, 9.17) is 15.2 Å². The first-order chi connectivity index (χ1) is 8.79. The lowest BCUT2D eigenvalue weighted by atomic mass is 10.1. The van der Waals surface area contributed by atoms with Gasteiger partial charge in [-0.25, -0.2) is 4.79 Å². The molecule has 1 aromatic carbocycles. The molecule has 5 nitrogen and oxygen atoms in total. The lowest BCUT2D eigenvalue weighted by Crippen LogP contribution is -2.42. The number of rotatable bonds is 3. The van der Waals surface area contributed by atoms with Crippen molar-refractivity contribution < 1.29 is 14.3 Å². The second kappa shape index (κ2) is 6.37. The van der Waals surface area contributed by atoms with Crippen LogP contribution in [0.25, 0.3) is 0 Å². The van der Waals surface area contributed by atoms with Crippen LogP contribution in [-0.4, -0.2) is 43.8 Å². The Balaban J connectivity index is 1.89. The first-order valence-corrected chi connectivity index (χ1v) is 6.13. The summed E-state index contributed by atoms with van der Waals surface area (Å²) in [6.07, 6.45) is 0.516. The molecule has 0 unspecified atom stereocenters. The molecule has 2 rings (SSSR count). The van der Waals surface area contributed by atoms with Crippen molar-refractivity contribution in [1.82, 2.24) is 4.90 Å². The second-order valence-corrected chi connectivity index (χ2v) is 4.15. The monoisotopic (exact) mass is 250 g/mol. The largest absolute Gasteiger partial charge is 0.415 e. The molecular weight excluding hydrogens is 232 g/mol. The van der Waals surface area contributed by atoms with Crippen LogP contribution in [0.15, 0.2) is 24.3 Å². The highest BCUT2D eigenvalue weighted by Crippen LogP contribution is 2.14. The number of hydrogen-bond donors (Lipinski definition) is 1. The Morgan fingerprint density at radius 1 is 1.28 bits per heavy atom. The van der Waals surface area contributed by atoms with Crippen LogP contribution in [0.4, 0.5) is 4.79 Å². The van der Waals surface area contributed by atoms with Crippen molar-refractivity contribution in [3.8, 4) is 5.75 Å². The van der Waals surface area contributed by atoms with Crippen LogP contribution in [0.1, 0.15) is 5.56 Å². The lowest BCUT2D eigenvalue weighted by Gasteiger charge is -2.25. The molecule has 98 valence electrons. The molecule has 0 saturated carbocycles. The van der Waals surface area contributed by atoms with Crippen LogP contribution in [0, 0.1) is 0 Å². The van der Waals surface area contributed by atoms with Crippen LogP contribution < -0.4 is 10.5 Å². The maximum atomic E-state index is 11.8. The number of nitrogens with two attached hydrogens (primary N) is 1. The molecule has 5 heteroatoms. The molecule has 1 heterocycles. The van der Waals surface area contributed by atoms with Gasteiger partial charge in [0.15, 0.2) is 0 Å². The van der Waals surface area contributed by atoms with Gasteiger partial charge in [-0.15, -0.1) is 0 Å². The number of amides is 1. The first-order valence-electron chi connectivity index (χ1n) is 6.13. The second-order valence-electron chi connectivity index (χ2n) is 4.15. The summed E-state index contributed by atoms with van der Waals surface area (Å²) >= 11 is 0. The van der Waals surface area contributed by atoms with Gasteiger partial charge in [0.1, 0.15) is 5.75 Å². The van der Waals surface area contributed by atoms with Crippen molar-refractivity contribution >= 4 is 6.09 Å². The third-order valence-corrected chi connectivity index (χ3v) is 2.83. The Kier molecular flexibility index (Phi) is 4.55. The zero-order valence-corrected chi connectivity index (χ0v) is 10.3. The average Bonchev–Trinajstić information content (AvgIpc) is 2.42. The van der Waals surface area contributed by atoms with Gasteiger partial charge < -0.3 is 20.1 Å². The van der Waals surface area contributed by atoms with E-state index in [1.54, 1.807) is 17.0 Å². The molecule has 0 spiro atoms. The van der Waals surface area contributed by atoms with Gasteiger partial charge >= 0.3 is 6.09 Å².